The van der Waals surface area contributed by atoms with Crippen molar-refractivity contribution in [3.63, 3.8) is 0 Å². The van der Waals surface area contributed by atoms with Crippen LogP contribution in [-0.2, 0) is 18.8 Å². The van der Waals surface area contributed by atoms with Gasteiger partial charge in [0.25, 0.3) is 5.56 Å². The number of benzene rings is 2. The number of anilines is 1. The number of alkyl halides is 3. The molecule has 0 unspecified atom stereocenters. The van der Waals surface area contributed by atoms with E-state index in [0.29, 0.717) is 13.0 Å². The van der Waals surface area contributed by atoms with Crippen molar-refractivity contribution in [1.29, 1.82) is 0 Å². The number of halogens is 6. The van der Waals surface area contributed by atoms with Crippen LogP contribution in [0.1, 0.15) is 17.5 Å². The summed E-state index contributed by atoms with van der Waals surface area (Å²) in [6.07, 6.45) is -3.39. The summed E-state index contributed by atoms with van der Waals surface area (Å²) in [7, 11) is 1.39. The lowest BCUT2D eigenvalue weighted by Crippen LogP contribution is -2.39. The highest BCUT2D eigenvalue weighted by Gasteiger charge is 2.41. The molecule has 1 aliphatic rings. The van der Waals surface area contributed by atoms with Gasteiger partial charge in [-0.25, -0.2) is 9.37 Å². The highest BCUT2D eigenvalue weighted by molar-refractivity contribution is 6.42. The van der Waals surface area contributed by atoms with E-state index >= 15 is 0 Å². The van der Waals surface area contributed by atoms with Crippen LogP contribution in [0.5, 0.6) is 0 Å². The van der Waals surface area contributed by atoms with E-state index in [1.54, 1.807) is 0 Å². The zero-order valence-electron chi connectivity index (χ0n) is 16.1. The van der Waals surface area contributed by atoms with Crippen LogP contribution >= 0.6 is 23.2 Å². The lowest BCUT2D eigenvalue weighted by Gasteiger charge is -2.33. The number of nitrogens with one attached hydrogen (secondary N) is 2. The Kier molecular flexibility index (Phi) is 5.39. The Labute approximate surface area is 184 Å². The SMILES string of the molecule is Cn1cnc2c(C(F)(F)F)cc(N[C@@]3(c4c(F)ccc(Cl)c4Cl)CCNC3)cc2c1=O. The number of hydrogen-bond acceptors (Lipinski definition) is 4. The monoisotopic (exact) mass is 474 g/mol. The number of aryl methyl sites for hydroxylation is 1. The Morgan fingerprint density at radius 2 is 2.00 bits per heavy atom. The molecule has 3 aromatic rings. The molecule has 1 aromatic heterocycles. The third-order valence-electron chi connectivity index (χ3n) is 5.39. The van der Waals surface area contributed by atoms with Crippen molar-refractivity contribution < 1.29 is 17.6 Å². The number of nitrogens with zero attached hydrogens (tertiary/aromatic N) is 2. The molecule has 1 atom stereocenters. The molecule has 4 rings (SSSR count). The third kappa shape index (κ3) is 3.75. The summed E-state index contributed by atoms with van der Waals surface area (Å²) in [6.45, 7) is 0.659. The highest BCUT2D eigenvalue weighted by Crippen LogP contribution is 2.42. The van der Waals surface area contributed by atoms with Gasteiger partial charge in [-0.2, -0.15) is 13.2 Å². The van der Waals surface area contributed by atoms with E-state index in [-0.39, 0.29) is 33.2 Å². The maximum absolute atomic E-state index is 14.8. The first-order chi connectivity index (χ1) is 14.5. The van der Waals surface area contributed by atoms with Gasteiger partial charge in [0.05, 0.1) is 38.4 Å². The average Bonchev–Trinajstić information content (AvgIpc) is 3.16. The molecule has 2 heterocycles. The van der Waals surface area contributed by atoms with Gasteiger partial charge in [0.2, 0.25) is 0 Å². The molecule has 0 bridgehead atoms. The molecule has 1 aliphatic heterocycles. The average molecular weight is 475 g/mol. The molecule has 164 valence electrons. The van der Waals surface area contributed by atoms with E-state index in [1.165, 1.54) is 19.2 Å². The summed E-state index contributed by atoms with van der Waals surface area (Å²) >= 11 is 12.4. The second-order valence-corrected chi connectivity index (χ2v) is 8.22. The fourth-order valence-electron chi connectivity index (χ4n) is 3.93. The molecular formula is C20H16Cl2F4N4O. The van der Waals surface area contributed by atoms with Crippen molar-refractivity contribution in [3.8, 4) is 0 Å². The molecule has 0 aliphatic carbocycles. The first-order valence-electron chi connectivity index (χ1n) is 9.23. The molecule has 2 N–H and O–H groups in total. The van der Waals surface area contributed by atoms with Gasteiger partial charge >= 0.3 is 6.18 Å². The molecule has 0 radical (unpaired) electrons. The standard InChI is InChI=1S/C20H16Cl2F4N4O/c1-30-9-28-17-11(18(30)31)6-10(7-12(17)20(24,25)26)29-19(4-5-27-8-19)15-14(23)3-2-13(21)16(15)22/h2-3,6-7,9,27,29H,4-5,8H2,1H3/t19-/m0/s1. The van der Waals surface area contributed by atoms with Crippen molar-refractivity contribution in [3.05, 3.63) is 67.9 Å². The Hall–Kier alpha value is -2.36. The van der Waals surface area contributed by atoms with Gasteiger partial charge < -0.3 is 15.2 Å². The van der Waals surface area contributed by atoms with Crippen molar-refractivity contribution in [2.24, 2.45) is 7.05 Å². The molecule has 5 nitrogen and oxygen atoms in total. The zero-order valence-corrected chi connectivity index (χ0v) is 17.6. The van der Waals surface area contributed by atoms with E-state index in [9.17, 15) is 22.4 Å². The predicted molar refractivity (Wildman–Crippen MR) is 111 cm³/mol. The van der Waals surface area contributed by atoms with Crippen LogP contribution in [0.3, 0.4) is 0 Å². The van der Waals surface area contributed by atoms with E-state index in [4.69, 9.17) is 23.2 Å². The summed E-state index contributed by atoms with van der Waals surface area (Å²) < 4.78 is 57.2. The van der Waals surface area contributed by atoms with Crippen molar-refractivity contribution in [2.45, 2.75) is 18.1 Å². The number of aromatic nitrogens is 2. The zero-order chi connectivity index (χ0) is 22.6. The fraction of sp³-hybridized carbons (Fsp3) is 0.300. The van der Waals surface area contributed by atoms with Crippen LogP contribution in [0.15, 0.2) is 35.4 Å². The minimum atomic E-state index is -4.75. The van der Waals surface area contributed by atoms with Gasteiger partial charge in [-0.3, -0.25) is 4.79 Å². The molecular weight excluding hydrogens is 459 g/mol. The highest BCUT2D eigenvalue weighted by atomic mass is 35.5. The first-order valence-corrected chi connectivity index (χ1v) is 9.98. The van der Waals surface area contributed by atoms with Gasteiger partial charge in [-0.15, -0.1) is 0 Å². The minimum absolute atomic E-state index is 0.0101. The summed E-state index contributed by atoms with van der Waals surface area (Å²) in [5, 5.41) is 5.98. The molecule has 0 saturated carbocycles. The van der Waals surface area contributed by atoms with Crippen molar-refractivity contribution >= 4 is 39.8 Å². The van der Waals surface area contributed by atoms with E-state index in [0.717, 1.165) is 23.0 Å². The van der Waals surface area contributed by atoms with E-state index in [2.05, 4.69) is 15.6 Å². The van der Waals surface area contributed by atoms with Crippen LogP contribution < -0.4 is 16.2 Å². The normalized spacial score (nSPS) is 19.2. The largest absolute Gasteiger partial charge is 0.418 e. The number of hydrogen-bond donors (Lipinski definition) is 2. The van der Waals surface area contributed by atoms with Crippen LogP contribution in [0.4, 0.5) is 23.2 Å². The van der Waals surface area contributed by atoms with Crippen molar-refractivity contribution in [1.82, 2.24) is 14.9 Å². The van der Waals surface area contributed by atoms with Crippen molar-refractivity contribution in [2.75, 3.05) is 18.4 Å². The minimum Gasteiger partial charge on any atom is -0.374 e. The van der Waals surface area contributed by atoms with E-state index < -0.39 is 34.2 Å². The summed E-state index contributed by atoms with van der Waals surface area (Å²) in [5.74, 6) is -0.639. The van der Waals surface area contributed by atoms with Gasteiger partial charge in [-0.1, -0.05) is 23.2 Å². The summed E-state index contributed by atoms with van der Waals surface area (Å²) in [6, 6.07) is 4.62. The van der Waals surface area contributed by atoms with Gasteiger partial charge in [0.15, 0.2) is 0 Å². The number of rotatable bonds is 3. The molecule has 0 spiro atoms. The fourth-order valence-corrected chi connectivity index (χ4v) is 4.42. The Balaban J connectivity index is 1.94. The van der Waals surface area contributed by atoms with Gasteiger partial charge in [-0.05, 0) is 37.2 Å². The lowest BCUT2D eigenvalue weighted by molar-refractivity contribution is -0.136. The Bertz CT molecular complexity index is 1240. The topological polar surface area (TPSA) is 59.0 Å². The quantitative estimate of drug-likeness (QED) is 0.426. The summed E-state index contributed by atoms with van der Waals surface area (Å²) in [4.78, 5) is 16.3. The first kappa shape index (κ1) is 21.9. The maximum Gasteiger partial charge on any atom is 0.418 e. The molecule has 1 fully saturated rings. The van der Waals surface area contributed by atoms with Crippen LogP contribution in [0.2, 0.25) is 10.0 Å². The molecule has 0 amide bonds. The molecule has 31 heavy (non-hydrogen) atoms. The van der Waals surface area contributed by atoms with Crippen LogP contribution in [0, 0.1) is 5.82 Å². The second-order valence-electron chi connectivity index (χ2n) is 7.43. The third-order valence-corrected chi connectivity index (χ3v) is 6.19. The molecule has 2 aromatic carbocycles. The Morgan fingerprint density at radius 1 is 1.26 bits per heavy atom. The Morgan fingerprint density at radius 3 is 2.65 bits per heavy atom. The molecule has 11 heteroatoms. The van der Waals surface area contributed by atoms with E-state index in [1.807, 2.05) is 0 Å². The van der Waals surface area contributed by atoms with Gasteiger partial charge in [0.1, 0.15) is 5.82 Å². The molecule has 1 saturated heterocycles. The van der Waals surface area contributed by atoms with Crippen LogP contribution in [-0.4, -0.2) is 22.6 Å². The van der Waals surface area contributed by atoms with Gasteiger partial charge in [0, 0.05) is 24.8 Å². The predicted octanol–water partition coefficient (Wildman–Crippen LogP) is 4.70. The second kappa shape index (κ2) is 7.65. The lowest BCUT2D eigenvalue weighted by atomic mass is 9.87. The maximum atomic E-state index is 14.8. The number of fused-ring (bicyclic) bond motifs is 1. The summed E-state index contributed by atoms with van der Waals surface area (Å²) in [5.41, 5.74) is -3.28. The van der Waals surface area contributed by atoms with Crippen LogP contribution in [0.25, 0.3) is 10.9 Å². The smallest absolute Gasteiger partial charge is 0.374 e.